The number of methoxy groups -OCH3 is 1. The fourth-order valence-electron chi connectivity index (χ4n) is 3.59. The Morgan fingerprint density at radius 3 is 2.40 bits per heavy atom. The van der Waals surface area contributed by atoms with Gasteiger partial charge >= 0.3 is 0 Å². The Bertz CT molecular complexity index is 1100. The van der Waals surface area contributed by atoms with Gasteiger partial charge in [-0.15, -0.1) is 0 Å². The third-order valence-corrected chi connectivity index (χ3v) is 5.92. The van der Waals surface area contributed by atoms with Crippen LogP contribution in [0.1, 0.15) is 35.3 Å². The fraction of sp³-hybridized carbons (Fsp3) is 0.174. The molecule has 0 aliphatic carbocycles. The average Bonchev–Trinajstić information content (AvgIpc) is 2.74. The third-order valence-electron chi connectivity index (χ3n) is 5.10. The molecule has 1 heterocycles. The summed E-state index contributed by atoms with van der Waals surface area (Å²) in [5.74, 6) is 0.529. The van der Waals surface area contributed by atoms with Crippen LogP contribution in [0.15, 0.2) is 65.7 Å². The van der Waals surface area contributed by atoms with E-state index in [1.54, 1.807) is 18.2 Å². The molecule has 4 nitrogen and oxygen atoms in total. The first kappa shape index (κ1) is 21.0. The van der Waals surface area contributed by atoms with E-state index in [2.05, 4.69) is 5.32 Å². The van der Waals surface area contributed by atoms with Crippen molar-refractivity contribution in [1.82, 2.24) is 5.32 Å². The summed E-state index contributed by atoms with van der Waals surface area (Å²) < 4.78 is 5.29. The Labute approximate surface area is 190 Å². The second-order valence-electron chi connectivity index (χ2n) is 6.97. The molecule has 30 heavy (non-hydrogen) atoms. The van der Waals surface area contributed by atoms with Crippen molar-refractivity contribution in [3.8, 4) is 11.5 Å². The van der Waals surface area contributed by atoms with Crippen molar-refractivity contribution in [2.45, 2.75) is 18.6 Å². The van der Waals surface area contributed by atoms with Crippen LogP contribution in [-0.4, -0.2) is 17.9 Å². The van der Waals surface area contributed by atoms with Gasteiger partial charge in [0.25, 0.3) is 0 Å². The van der Waals surface area contributed by atoms with Gasteiger partial charge in [0.05, 0.1) is 7.11 Å². The highest BCUT2D eigenvalue weighted by Gasteiger charge is 2.29. The second-order valence-corrected chi connectivity index (χ2v) is 8.25. The molecule has 3 aromatic carbocycles. The zero-order valence-corrected chi connectivity index (χ0v) is 18.3. The van der Waals surface area contributed by atoms with E-state index >= 15 is 0 Å². The van der Waals surface area contributed by atoms with E-state index in [1.807, 2.05) is 42.5 Å². The number of ether oxygens (including phenoxy) is 1. The number of nitrogens with one attached hydrogen (secondary N) is 1. The maximum atomic E-state index is 10.7. The molecule has 0 amide bonds. The number of phenols is 1. The van der Waals surface area contributed by atoms with Gasteiger partial charge < -0.3 is 9.84 Å². The summed E-state index contributed by atoms with van der Waals surface area (Å²) in [5, 5.41) is 16.0. The van der Waals surface area contributed by atoms with Crippen LogP contribution in [0.2, 0.25) is 15.1 Å². The van der Waals surface area contributed by atoms with Gasteiger partial charge in [-0.1, -0.05) is 65.1 Å². The standard InChI is InChI=1S/C23H19Cl3N2O2/c1-30-21-4-2-3-17(22(21)29)20-12-19(13-5-7-14(24)8-6-13)27-23(28-20)16-10-9-15(25)11-18(16)26/h2-11,20,23,28-29H,12H2,1H3/t20-,23-/m0/s1. The van der Waals surface area contributed by atoms with Crippen LogP contribution in [0.5, 0.6) is 11.5 Å². The number of phenolic OH excluding ortho intramolecular Hbond substituents is 1. The van der Waals surface area contributed by atoms with Gasteiger partial charge in [0.15, 0.2) is 11.5 Å². The number of para-hydroxylation sites is 1. The SMILES string of the molecule is COc1cccc([C@@H]2CC(c3ccc(Cl)cc3)=N[C@H](c3ccc(Cl)cc3Cl)N2)c1O. The molecule has 0 spiro atoms. The van der Waals surface area contributed by atoms with Gasteiger partial charge in [0, 0.05) is 44.4 Å². The minimum atomic E-state index is -0.412. The Morgan fingerprint density at radius 1 is 0.967 bits per heavy atom. The first-order valence-corrected chi connectivity index (χ1v) is 10.5. The highest BCUT2D eigenvalue weighted by atomic mass is 35.5. The number of hydrogen-bond acceptors (Lipinski definition) is 4. The molecule has 1 aliphatic heterocycles. The molecule has 0 bridgehead atoms. The first-order chi connectivity index (χ1) is 14.5. The van der Waals surface area contributed by atoms with Gasteiger partial charge in [0.1, 0.15) is 6.17 Å². The third kappa shape index (κ3) is 4.28. The summed E-state index contributed by atoms with van der Waals surface area (Å²) >= 11 is 18.6. The van der Waals surface area contributed by atoms with Gasteiger partial charge in [-0.3, -0.25) is 10.3 Å². The number of aliphatic imine (C=N–C) groups is 1. The topological polar surface area (TPSA) is 53.8 Å². The Hall–Kier alpha value is -2.24. The van der Waals surface area contributed by atoms with Gasteiger partial charge in [-0.05, 0) is 35.9 Å². The van der Waals surface area contributed by atoms with Gasteiger partial charge in [0.2, 0.25) is 0 Å². The van der Waals surface area contributed by atoms with Crippen molar-refractivity contribution in [3.05, 3.63) is 92.4 Å². The zero-order chi connectivity index (χ0) is 21.3. The molecule has 0 fully saturated rings. The Morgan fingerprint density at radius 2 is 1.70 bits per heavy atom. The largest absolute Gasteiger partial charge is 0.504 e. The lowest BCUT2D eigenvalue weighted by atomic mass is 9.93. The molecule has 154 valence electrons. The monoisotopic (exact) mass is 460 g/mol. The second kappa shape index (κ2) is 8.86. The van der Waals surface area contributed by atoms with Crippen molar-refractivity contribution < 1.29 is 9.84 Å². The molecule has 0 saturated carbocycles. The lowest BCUT2D eigenvalue weighted by molar-refractivity contribution is 0.360. The van der Waals surface area contributed by atoms with Gasteiger partial charge in [-0.2, -0.15) is 0 Å². The van der Waals surface area contributed by atoms with E-state index < -0.39 is 6.17 Å². The van der Waals surface area contributed by atoms with Crippen LogP contribution in [0, 0.1) is 0 Å². The van der Waals surface area contributed by atoms with Crippen molar-refractivity contribution in [3.63, 3.8) is 0 Å². The van der Waals surface area contributed by atoms with Crippen molar-refractivity contribution in [2.75, 3.05) is 7.11 Å². The predicted octanol–water partition coefficient (Wildman–Crippen LogP) is 6.58. The van der Waals surface area contributed by atoms with E-state index in [1.165, 1.54) is 7.11 Å². The molecule has 0 aromatic heterocycles. The summed E-state index contributed by atoms with van der Waals surface area (Å²) in [6.07, 6.45) is 0.161. The average molecular weight is 462 g/mol. The number of hydrogen-bond donors (Lipinski definition) is 2. The predicted molar refractivity (Wildman–Crippen MR) is 122 cm³/mol. The maximum absolute atomic E-state index is 10.7. The summed E-state index contributed by atoms with van der Waals surface area (Å²) in [6.45, 7) is 0. The molecule has 0 radical (unpaired) electrons. The fourth-order valence-corrected chi connectivity index (χ4v) is 4.23. The van der Waals surface area contributed by atoms with Crippen LogP contribution in [0.3, 0.4) is 0 Å². The van der Waals surface area contributed by atoms with Crippen molar-refractivity contribution >= 4 is 40.5 Å². The van der Waals surface area contributed by atoms with Crippen molar-refractivity contribution in [2.24, 2.45) is 4.99 Å². The first-order valence-electron chi connectivity index (χ1n) is 9.35. The number of nitrogens with zero attached hydrogens (tertiary/aromatic N) is 1. The van der Waals surface area contributed by atoms with Crippen LogP contribution in [-0.2, 0) is 0 Å². The van der Waals surface area contributed by atoms with Crippen LogP contribution < -0.4 is 10.1 Å². The zero-order valence-electron chi connectivity index (χ0n) is 16.1. The minimum absolute atomic E-state index is 0.107. The number of aromatic hydroxyl groups is 1. The van der Waals surface area contributed by atoms with E-state index in [-0.39, 0.29) is 11.8 Å². The van der Waals surface area contributed by atoms with E-state index in [0.717, 1.165) is 22.4 Å². The molecular formula is C23H19Cl3N2O2. The molecule has 0 saturated heterocycles. The van der Waals surface area contributed by atoms with Crippen LogP contribution in [0.4, 0.5) is 0 Å². The lowest BCUT2D eigenvalue weighted by Crippen LogP contribution is -2.33. The number of halogens is 3. The molecule has 7 heteroatoms. The number of benzene rings is 3. The smallest absolute Gasteiger partial charge is 0.162 e. The Balaban J connectivity index is 1.79. The van der Waals surface area contributed by atoms with E-state index in [0.29, 0.717) is 27.2 Å². The molecule has 3 aromatic rings. The van der Waals surface area contributed by atoms with Crippen LogP contribution in [0.25, 0.3) is 0 Å². The summed E-state index contributed by atoms with van der Waals surface area (Å²) in [7, 11) is 1.53. The highest BCUT2D eigenvalue weighted by Crippen LogP contribution is 2.40. The summed E-state index contributed by atoms with van der Waals surface area (Å²) in [6, 6.07) is 18.1. The van der Waals surface area contributed by atoms with Gasteiger partial charge in [-0.25, -0.2) is 0 Å². The minimum Gasteiger partial charge on any atom is -0.504 e. The molecule has 2 N–H and O–H groups in total. The lowest BCUT2D eigenvalue weighted by Gasteiger charge is -2.31. The molecular weight excluding hydrogens is 443 g/mol. The van der Waals surface area contributed by atoms with E-state index in [9.17, 15) is 5.11 Å². The molecule has 1 aliphatic rings. The normalized spacial score (nSPS) is 18.7. The molecule has 2 atom stereocenters. The summed E-state index contributed by atoms with van der Waals surface area (Å²) in [5.41, 5.74) is 3.38. The Kier molecular flexibility index (Phi) is 6.21. The van der Waals surface area contributed by atoms with Crippen molar-refractivity contribution in [1.29, 1.82) is 0 Å². The molecule has 4 rings (SSSR count). The van der Waals surface area contributed by atoms with E-state index in [4.69, 9.17) is 44.5 Å². The van der Waals surface area contributed by atoms with Crippen LogP contribution >= 0.6 is 34.8 Å². The quantitative estimate of drug-likeness (QED) is 0.461. The molecule has 0 unspecified atom stereocenters. The number of rotatable bonds is 4. The maximum Gasteiger partial charge on any atom is 0.162 e. The summed E-state index contributed by atoms with van der Waals surface area (Å²) in [4.78, 5) is 4.91. The highest BCUT2D eigenvalue weighted by molar-refractivity contribution is 6.35.